The minimum absolute atomic E-state index is 0.130. The lowest BCUT2D eigenvalue weighted by atomic mass is 10.1. The van der Waals surface area contributed by atoms with Crippen molar-refractivity contribution in [1.82, 2.24) is 5.32 Å². The number of benzene rings is 1. The number of nitro groups is 1. The van der Waals surface area contributed by atoms with Gasteiger partial charge in [-0.3, -0.25) is 10.1 Å². The lowest BCUT2D eigenvalue weighted by Gasteiger charge is -2.03. The van der Waals surface area contributed by atoms with Crippen LogP contribution < -0.4 is 5.32 Å². The van der Waals surface area contributed by atoms with Gasteiger partial charge in [0, 0.05) is 24.2 Å². The molecule has 18 heavy (non-hydrogen) atoms. The summed E-state index contributed by atoms with van der Waals surface area (Å²) < 4.78 is 4.96. The van der Waals surface area contributed by atoms with Crippen LogP contribution >= 0.6 is 0 Å². The molecular weight excluding hydrogens is 232 g/mol. The van der Waals surface area contributed by atoms with Crippen molar-refractivity contribution >= 4 is 5.69 Å². The molecule has 0 atom stereocenters. The van der Waals surface area contributed by atoms with Gasteiger partial charge in [-0.05, 0) is 24.6 Å². The van der Waals surface area contributed by atoms with Gasteiger partial charge in [0.25, 0.3) is 5.69 Å². The fourth-order valence-corrected chi connectivity index (χ4v) is 1.64. The Labute approximate surface area is 105 Å². The molecular formula is C13H14N2O3. The molecule has 0 saturated carbocycles. The molecule has 1 heterocycles. The number of nitrogens with zero attached hydrogens (tertiary/aromatic N) is 1. The molecule has 0 aliphatic rings. The number of non-ortho nitro benzene ring substituents is 1. The van der Waals surface area contributed by atoms with E-state index in [-0.39, 0.29) is 10.6 Å². The highest BCUT2D eigenvalue weighted by atomic mass is 16.6. The third kappa shape index (κ3) is 3.43. The summed E-state index contributed by atoms with van der Waals surface area (Å²) in [6.45, 7) is 1.59. The van der Waals surface area contributed by atoms with Crippen LogP contribution in [0.3, 0.4) is 0 Å². The Morgan fingerprint density at radius 3 is 2.56 bits per heavy atom. The second-order valence-corrected chi connectivity index (χ2v) is 3.98. The SMILES string of the molecule is O=[N+]([O-])c1ccc(CCNCc2ccoc2)cc1. The van der Waals surface area contributed by atoms with Crippen molar-refractivity contribution in [1.29, 1.82) is 0 Å². The summed E-state index contributed by atoms with van der Waals surface area (Å²) in [4.78, 5) is 10.1. The third-order valence-corrected chi connectivity index (χ3v) is 2.65. The van der Waals surface area contributed by atoms with Crippen molar-refractivity contribution < 1.29 is 9.34 Å². The van der Waals surface area contributed by atoms with Crippen molar-refractivity contribution in [2.75, 3.05) is 6.54 Å². The average Bonchev–Trinajstić information content (AvgIpc) is 2.88. The molecule has 0 fully saturated rings. The minimum atomic E-state index is -0.388. The zero-order valence-corrected chi connectivity index (χ0v) is 9.83. The Balaban J connectivity index is 1.75. The summed E-state index contributed by atoms with van der Waals surface area (Å²) in [6, 6.07) is 8.56. The molecule has 0 spiro atoms. The normalized spacial score (nSPS) is 10.4. The highest BCUT2D eigenvalue weighted by Crippen LogP contribution is 2.11. The van der Waals surface area contributed by atoms with E-state index in [1.54, 1.807) is 24.7 Å². The number of hydrogen-bond acceptors (Lipinski definition) is 4. The molecule has 5 heteroatoms. The van der Waals surface area contributed by atoms with Crippen LogP contribution in [0.4, 0.5) is 5.69 Å². The third-order valence-electron chi connectivity index (χ3n) is 2.65. The highest BCUT2D eigenvalue weighted by Gasteiger charge is 2.03. The quantitative estimate of drug-likeness (QED) is 0.483. The summed E-state index contributed by atoms with van der Waals surface area (Å²) in [6.07, 6.45) is 4.20. The molecule has 2 aromatic rings. The number of furan rings is 1. The van der Waals surface area contributed by atoms with Crippen LogP contribution in [0.25, 0.3) is 0 Å². The summed E-state index contributed by atoms with van der Waals surface area (Å²) in [5.41, 5.74) is 2.32. The Hall–Kier alpha value is -2.14. The van der Waals surface area contributed by atoms with Gasteiger partial charge in [0.2, 0.25) is 0 Å². The van der Waals surface area contributed by atoms with E-state index in [4.69, 9.17) is 4.42 Å². The number of nitro benzene ring substituents is 1. The zero-order valence-electron chi connectivity index (χ0n) is 9.83. The van der Waals surface area contributed by atoms with Crippen molar-refractivity contribution in [3.05, 3.63) is 64.1 Å². The average molecular weight is 246 g/mol. The molecule has 0 unspecified atom stereocenters. The second-order valence-electron chi connectivity index (χ2n) is 3.98. The molecule has 0 saturated heterocycles. The Morgan fingerprint density at radius 2 is 1.94 bits per heavy atom. The van der Waals surface area contributed by atoms with Crippen LogP contribution in [0, 0.1) is 10.1 Å². The van der Waals surface area contributed by atoms with Gasteiger partial charge in [0.1, 0.15) is 0 Å². The first kappa shape index (κ1) is 12.3. The molecule has 0 radical (unpaired) electrons. The van der Waals surface area contributed by atoms with E-state index >= 15 is 0 Å². The minimum Gasteiger partial charge on any atom is -0.472 e. The lowest BCUT2D eigenvalue weighted by Crippen LogP contribution is -2.16. The maximum absolute atomic E-state index is 10.5. The number of rotatable bonds is 6. The maximum atomic E-state index is 10.5. The van der Waals surface area contributed by atoms with Gasteiger partial charge in [-0.1, -0.05) is 12.1 Å². The van der Waals surface area contributed by atoms with Crippen molar-refractivity contribution in [3.8, 4) is 0 Å². The molecule has 94 valence electrons. The van der Waals surface area contributed by atoms with Gasteiger partial charge in [-0.15, -0.1) is 0 Å². The van der Waals surface area contributed by atoms with Gasteiger partial charge in [0.15, 0.2) is 0 Å². The summed E-state index contributed by atoms with van der Waals surface area (Å²) in [5.74, 6) is 0. The molecule has 1 N–H and O–H groups in total. The highest BCUT2D eigenvalue weighted by molar-refractivity contribution is 5.32. The fraction of sp³-hybridized carbons (Fsp3) is 0.231. The largest absolute Gasteiger partial charge is 0.472 e. The standard InChI is InChI=1S/C13H14N2O3/c16-15(17)13-3-1-11(2-4-13)5-7-14-9-12-6-8-18-10-12/h1-4,6,8,10,14H,5,7,9H2. The Kier molecular flexibility index (Phi) is 4.09. The van der Waals surface area contributed by atoms with Crippen molar-refractivity contribution in [2.24, 2.45) is 0 Å². The van der Waals surface area contributed by atoms with Gasteiger partial charge in [0.05, 0.1) is 17.4 Å². The van der Waals surface area contributed by atoms with E-state index in [1.807, 2.05) is 6.07 Å². The second kappa shape index (κ2) is 5.97. The smallest absolute Gasteiger partial charge is 0.269 e. The first-order chi connectivity index (χ1) is 8.75. The van der Waals surface area contributed by atoms with Crippen LogP contribution in [0.15, 0.2) is 47.3 Å². The predicted molar refractivity (Wildman–Crippen MR) is 67.2 cm³/mol. The van der Waals surface area contributed by atoms with E-state index in [0.717, 1.165) is 30.6 Å². The molecule has 1 aromatic heterocycles. The van der Waals surface area contributed by atoms with E-state index < -0.39 is 0 Å². The molecule has 0 bridgehead atoms. The van der Waals surface area contributed by atoms with Crippen molar-refractivity contribution in [2.45, 2.75) is 13.0 Å². The summed E-state index contributed by atoms with van der Waals surface area (Å²) >= 11 is 0. The maximum Gasteiger partial charge on any atom is 0.269 e. The van der Waals surface area contributed by atoms with E-state index in [2.05, 4.69) is 5.32 Å². The molecule has 2 rings (SSSR count). The molecule has 0 amide bonds. The Morgan fingerprint density at radius 1 is 1.17 bits per heavy atom. The molecule has 1 aromatic carbocycles. The fourth-order valence-electron chi connectivity index (χ4n) is 1.64. The van der Waals surface area contributed by atoms with Gasteiger partial charge in [-0.25, -0.2) is 0 Å². The van der Waals surface area contributed by atoms with Crippen LogP contribution in [0.2, 0.25) is 0 Å². The number of nitrogens with one attached hydrogen (secondary N) is 1. The van der Waals surface area contributed by atoms with Gasteiger partial charge >= 0.3 is 0 Å². The monoisotopic (exact) mass is 246 g/mol. The molecule has 0 aliphatic carbocycles. The van der Waals surface area contributed by atoms with Gasteiger partial charge < -0.3 is 9.73 Å². The predicted octanol–water partition coefficient (Wildman–Crippen LogP) is 2.52. The van der Waals surface area contributed by atoms with Crippen LogP contribution in [0.1, 0.15) is 11.1 Å². The lowest BCUT2D eigenvalue weighted by molar-refractivity contribution is -0.384. The first-order valence-electron chi connectivity index (χ1n) is 5.71. The van der Waals surface area contributed by atoms with E-state index in [9.17, 15) is 10.1 Å². The topological polar surface area (TPSA) is 68.3 Å². The van der Waals surface area contributed by atoms with Gasteiger partial charge in [-0.2, -0.15) is 0 Å². The molecule has 5 nitrogen and oxygen atoms in total. The van der Waals surface area contributed by atoms with Crippen LogP contribution in [0.5, 0.6) is 0 Å². The Bertz CT molecular complexity index is 491. The summed E-state index contributed by atoms with van der Waals surface area (Å²) in [7, 11) is 0. The van der Waals surface area contributed by atoms with Crippen molar-refractivity contribution in [3.63, 3.8) is 0 Å². The molecule has 0 aliphatic heterocycles. The number of hydrogen-bond donors (Lipinski definition) is 1. The van der Waals surface area contributed by atoms with Crippen LogP contribution in [-0.2, 0) is 13.0 Å². The first-order valence-corrected chi connectivity index (χ1v) is 5.71. The summed E-state index contributed by atoms with van der Waals surface area (Å²) in [5, 5.41) is 13.8. The zero-order chi connectivity index (χ0) is 12.8. The van der Waals surface area contributed by atoms with E-state index in [0.29, 0.717) is 0 Å². The van der Waals surface area contributed by atoms with Crippen LogP contribution in [-0.4, -0.2) is 11.5 Å². The van der Waals surface area contributed by atoms with E-state index in [1.165, 1.54) is 12.1 Å².